The summed E-state index contributed by atoms with van der Waals surface area (Å²) < 4.78 is 46.5. The van der Waals surface area contributed by atoms with Crippen molar-refractivity contribution in [3.63, 3.8) is 0 Å². The fourth-order valence-electron chi connectivity index (χ4n) is 3.27. The molecule has 174 valence electrons. The fourth-order valence-corrected chi connectivity index (χ4v) is 3.27. The largest absolute Gasteiger partial charge is 0.573 e. The van der Waals surface area contributed by atoms with Gasteiger partial charge in [-0.3, -0.25) is 0 Å². The number of fused-ring (bicyclic) bond motifs is 1. The van der Waals surface area contributed by atoms with E-state index < -0.39 is 12.4 Å². The van der Waals surface area contributed by atoms with E-state index in [0.717, 1.165) is 16.8 Å². The second-order valence-corrected chi connectivity index (χ2v) is 7.41. The topological polar surface area (TPSA) is 88.8 Å². The molecule has 0 fully saturated rings. The molecular formula is C24H19F3N4O3. The van der Waals surface area contributed by atoms with Crippen LogP contribution in [0.3, 0.4) is 0 Å². The molecule has 0 atom stereocenters. The minimum atomic E-state index is -4.76. The molecule has 0 saturated heterocycles. The number of aryl methyl sites for hydroxylation is 2. The van der Waals surface area contributed by atoms with Crippen LogP contribution in [-0.2, 0) is 0 Å². The molecule has 0 bridgehead atoms. The van der Waals surface area contributed by atoms with Crippen molar-refractivity contribution >= 4 is 29.0 Å². The lowest BCUT2D eigenvalue weighted by atomic mass is 10.1. The van der Waals surface area contributed by atoms with Crippen LogP contribution >= 0.6 is 0 Å². The normalized spacial score (nSPS) is 11.7. The maximum Gasteiger partial charge on any atom is 0.573 e. The molecule has 7 nitrogen and oxygen atoms in total. The number of carbonyl (C=O) groups excluding carboxylic acids is 1. The smallest absolute Gasteiger partial charge is 0.436 e. The third kappa shape index (κ3) is 5.52. The molecule has 1 heterocycles. The Morgan fingerprint density at radius 2 is 1.76 bits per heavy atom. The van der Waals surface area contributed by atoms with E-state index in [1.807, 2.05) is 32.0 Å². The molecule has 2 amide bonds. The number of halogens is 3. The number of alkyl halides is 3. The number of oxazole rings is 1. The molecule has 0 unspecified atom stereocenters. The van der Waals surface area contributed by atoms with Gasteiger partial charge in [-0.05, 0) is 73.0 Å². The number of hydrazone groups is 1. The van der Waals surface area contributed by atoms with Crippen molar-refractivity contribution in [3.8, 4) is 17.2 Å². The average Bonchev–Trinajstić information content (AvgIpc) is 3.19. The highest BCUT2D eigenvalue weighted by Crippen LogP contribution is 2.28. The van der Waals surface area contributed by atoms with E-state index in [9.17, 15) is 18.0 Å². The number of hydrogen-bond acceptors (Lipinski definition) is 5. The van der Waals surface area contributed by atoms with Crippen LogP contribution in [0.4, 0.5) is 23.7 Å². The van der Waals surface area contributed by atoms with Crippen LogP contribution < -0.4 is 15.5 Å². The number of hydrogen-bond donors (Lipinski definition) is 2. The van der Waals surface area contributed by atoms with Crippen LogP contribution in [0.5, 0.6) is 5.75 Å². The van der Waals surface area contributed by atoms with E-state index >= 15 is 0 Å². The van der Waals surface area contributed by atoms with Crippen LogP contribution in [0.25, 0.3) is 22.6 Å². The van der Waals surface area contributed by atoms with Crippen LogP contribution in [0.15, 0.2) is 70.2 Å². The number of urea groups is 1. The Hall–Kier alpha value is -4.34. The molecule has 2 N–H and O–H groups in total. The molecule has 34 heavy (non-hydrogen) atoms. The number of amides is 2. The van der Waals surface area contributed by atoms with Crippen molar-refractivity contribution in [2.45, 2.75) is 20.2 Å². The summed E-state index contributed by atoms with van der Waals surface area (Å²) >= 11 is 0. The van der Waals surface area contributed by atoms with E-state index in [2.05, 4.69) is 25.6 Å². The van der Waals surface area contributed by atoms with Crippen molar-refractivity contribution in [2.24, 2.45) is 5.10 Å². The number of rotatable bonds is 5. The van der Waals surface area contributed by atoms with Crippen molar-refractivity contribution in [3.05, 3.63) is 77.4 Å². The highest BCUT2D eigenvalue weighted by atomic mass is 19.4. The number of para-hydroxylation sites is 1. The van der Waals surface area contributed by atoms with E-state index in [4.69, 9.17) is 4.42 Å². The van der Waals surface area contributed by atoms with Crippen molar-refractivity contribution in [2.75, 3.05) is 5.32 Å². The molecule has 1 aromatic heterocycles. The molecule has 0 radical (unpaired) electrons. The molecule has 0 spiro atoms. The van der Waals surface area contributed by atoms with E-state index in [0.29, 0.717) is 22.2 Å². The van der Waals surface area contributed by atoms with Gasteiger partial charge in [-0.2, -0.15) is 5.10 Å². The predicted molar refractivity (Wildman–Crippen MR) is 122 cm³/mol. The summed E-state index contributed by atoms with van der Waals surface area (Å²) in [5.74, 6) is -0.0891. The highest BCUT2D eigenvalue weighted by Gasteiger charge is 2.31. The first-order valence-corrected chi connectivity index (χ1v) is 10.1. The lowest BCUT2D eigenvalue weighted by Gasteiger charge is -2.10. The Labute approximate surface area is 192 Å². The number of nitrogens with one attached hydrogen (secondary N) is 2. The lowest BCUT2D eigenvalue weighted by Crippen LogP contribution is -2.25. The Morgan fingerprint density at radius 3 is 2.44 bits per heavy atom. The first-order valence-electron chi connectivity index (χ1n) is 10.1. The summed E-state index contributed by atoms with van der Waals surface area (Å²) in [6.45, 7) is 3.80. The maximum atomic E-state index is 12.3. The summed E-state index contributed by atoms with van der Waals surface area (Å²) in [5.41, 5.74) is 7.19. The van der Waals surface area contributed by atoms with Gasteiger partial charge in [-0.1, -0.05) is 18.2 Å². The van der Waals surface area contributed by atoms with Gasteiger partial charge in [0, 0.05) is 11.3 Å². The summed E-state index contributed by atoms with van der Waals surface area (Å²) in [7, 11) is 0. The second kappa shape index (κ2) is 9.26. The second-order valence-electron chi connectivity index (χ2n) is 7.41. The van der Waals surface area contributed by atoms with Gasteiger partial charge in [0.15, 0.2) is 5.58 Å². The van der Waals surface area contributed by atoms with Gasteiger partial charge in [-0.15, -0.1) is 13.2 Å². The highest BCUT2D eigenvalue weighted by molar-refractivity contribution is 5.92. The predicted octanol–water partition coefficient (Wildman–Crippen LogP) is 6.17. The van der Waals surface area contributed by atoms with Gasteiger partial charge in [0.2, 0.25) is 5.89 Å². The molecule has 0 aliphatic rings. The van der Waals surface area contributed by atoms with Crippen molar-refractivity contribution < 1.29 is 27.1 Å². The lowest BCUT2D eigenvalue weighted by molar-refractivity contribution is -0.274. The fraction of sp³-hybridized carbons (Fsp3) is 0.125. The summed E-state index contributed by atoms with van der Waals surface area (Å²) in [5, 5.41) is 6.73. The zero-order chi connectivity index (χ0) is 24.3. The molecule has 0 aliphatic heterocycles. The van der Waals surface area contributed by atoms with Crippen LogP contribution in [-0.4, -0.2) is 23.6 Å². The van der Waals surface area contributed by atoms with Gasteiger partial charge < -0.3 is 14.5 Å². The molecule has 4 aromatic rings. The van der Waals surface area contributed by atoms with Gasteiger partial charge in [0.25, 0.3) is 0 Å². The standard InChI is InChI=1S/C24H19F3N4O3/c1-14-4-3-5-15(2)21(14)30-23(32)31-28-13-16-6-11-20-19(12-16)29-22(33-20)17-7-9-18(10-8-17)34-24(25,26)27/h3-13H,1-2H3,(H2,30,31,32)/b28-13+. The third-order valence-corrected chi connectivity index (χ3v) is 4.85. The molecule has 0 aliphatic carbocycles. The monoisotopic (exact) mass is 468 g/mol. The molecule has 0 saturated carbocycles. The Kier molecular flexibility index (Phi) is 6.22. The van der Waals surface area contributed by atoms with Gasteiger partial charge >= 0.3 is 12.4 Å². The van der Waals surface area contributed by atoms with Gasteiger partial charge in [0.05, 0.1) is 6.21 Å². The zero-order valence-electron chi connectivity index (χ0n) is 18.1. The number of aromatic nitrogens is 1. The third-order valence-electron chi connectivity index (χ3n) is 4.85. The Bertz CT molecular complexity index is 1340. The molecule has 4 rings (SSSR count). The maximum absolute atomic E-state index is 12.3. The van der Waals surface area contributed by atoms with E-state index in [1.165, 1.54) is 30.5 Å². The molecule has 3 aromatic carbocycles. The minimum absolute atomic E-state index is 0.244. The summed E-state index contributed by atoms with van der Waals surface area (Å²) in [6, 6.07) is 15.6. The zero-order valence-corrected chi connectivity index (χ0v) is 18.1. The SMILES string of the molecule is Cc1cccc(C)c1NC(=O)N/N=C/c1ccc2oc(-c3ccc(OC(F)(F)F)cc3)nc2c1. The number of carbonyl (C=O) groups is 1. The summed E-state index contributed by atoms with van der Waals surface area (Å²) in [6.07, 6.45) is -3.30. The first kappa shape index (κ1) is 22.8. The first-order chi connectivity index (χ1) is 16.2. The number of nitrogens with zero attached hydrogens (tertiary/aromatic N) is 2. The van der Waals surface area contributed by atoms with E-state index in [-0.39, 0.29) is 11.6 Å². The van der Waals surface area contributed by atoms with Gasteiger partial charge in [-0.25, -0.2) is 15.2 Å². The Morgan fingerprint density at radius 1 is 1.06 bits per heavy atom. The van der Waals surface area contributed by atoms with E-state index in [1.54, 1.807) is 18.2 Å². The Balaban J connectivity index is 1.43. The molecular weight excluding hydrogens is 449 g/mol. The number of ether oxygens (including phenoxy) is 1. The number of benzene rings is 3. The average molecular weight is 468 g/mol. The molecule has 10 heteroatoms. The van der Waals surface area contributed by atoms with Crippen LogP contribution in [0, 0.1) is 13.8 Å². The minimum Gasteiger partial charge on any atom is -0.436 e. The van der Waals surface area contributed by atoms with Crippen molar-refractivity contribution in [1.29, 1.82) is 0 Å². The number of anilines is 1. The van der Waals surface area contributed by atoms with Crippen LogP contribution in [0.2, 0.25) is 0 Å². The summed E-state index contributed by atoms with van der Waals surface area (Å²) in [4.78, 5) is 16.5. The van der Waals surface area contributed by atoms with Gasteiger partial charge in [0.1, 0.15) is 11.3 Å². The van der Waals surface area contributed by atoms with Crippen LogP contribution in [0.1, 0.15) is 16.7 Å². The quantitative estimate of drug-likeness (QED) is 0.271. The van der Waals surface area contributed by atoms with Crippen molar-refractivity contribution in [1.82, 2.24) is 10.4 Å².